The zero-order valence-electron chi connectivity index (χ0n) is 10.6. The van der Waals surface area contributed by atoms with E-state index in [9.17, 15) is 0 Å². The molecule has 3 rings (SSSR count). The number of hydrogen-bond donors (Lipinski definition) is 1. The molecule has 0 spiro atoms. The molecule has 3 heterocycles. The summed E-state index contributed by atoms with van der Waals surface area (Å²) in [6.45, 7) is 4.99. The van der Waals surface area contributed by atoms with Crippen LogP contribution >= 0.6 is 0 Å². The minimum atomic E-state index is 0.744. The number of piperidine rings is 1. The van der Waals surface area contributed by atoms with Gasteiger partial charge >= 0.3 is 0 Å². The van der Waals surface area contributed by atoms with Crippen molar-refractivity contribution in [1.29, 1.82) is 0 Å². The van der Waals surface area contributed by atoms with Crippen molar-refractivity contribution in [3.05, 3.63) is 18.2 Å². The van der Waals surface area contributed by atoms with Crippen LogP contribution in [0.4, 0.5) is 0 Å². The number of nitrogens with one attached hydrogen (secondary N) is 1. The molecule has 17 heavy (non-hydrogen) atoms. The lowest BCUT2D eigenvalue weighted by Crippen LogP contribution is -2.44. The second kappa shape index (κ2) is 4.78. The van der Waals surface area contributed by atoms with Crippen LogP contribution in [0.25, 0.3) is 0 Å². The minimum Gasteiger partial charge on any atom is -0.338 e. The molecule has 0 aromatic carbocycles. The van der Waals surface area contributed by atoms with Crippen molar-refractivity contribution in [2.75, 3.05) is 26.2 Å². The number of imidazole rings is 1. The number of aromatic nitrogens is 2. The van der Waals surface area contributed by atoms with E-state index in [0.717, 1.165) is 24.9 Å². The van der Waals surface area contributed by atoms with E-state index in [1.54, 1.807) is 0 Å². The molecule has 1 aromatic rings. The quantitative estimate of drug-likeness (QED) is 0.830. The third kappa shape index (κ3) is 2.38. The lowest BCUT2D eigenvalue weighted by molar-refractivity contribution is 0.222. The lowest BCUT2D eigenvalue weighted by Gasteiger charge is -2.31. The lowest BCUT2D eigenvalue weighted by atomic mass is 9.94. The summed E-state index contributed by atoms with van der Waals surface area (Å²) in [6.07, 6.45) is 7.65. The van der Waals surface area contributed by atoms with Gasteiger partial charge < -0.3 is 14.8 Å². The Balaban J connectivity index is 1.47. The van der Waals surface area contributed by atoms with E-state index >= 15 is 0 Å². The topological polar surface area (TPSA) is 33.1 Å². The molecule has 2 saturated heterocycles. The number of aryl methyl sites for hydroxylation is 1. The molecular formula is C13H22N4. The first-order chi connectivity index (χ1) is 8.33. The summed E-state index contributed by atoms with van der Waals surface area (Å²) in [5.41, 5.74) is 0. The molecule has 0 amide bonds. The van der Waals surface area contributed by atoms with Crippen LogP contribution in [-0.2, 0) is 13.5 Å². The molecule has 2 bridgehead atoms. The molecule has 3 unspecified atom stereocenters. The highest BCUT2D eigenvalue weighted by atomic mass is 15.2. The first-order valence-corrected chi connectivity index (χ1v) is 6.75. The average molecular weight is 234 g/mol. The van der Waals surface area contributed by atoms with Crippen molar-refractivity contribution >= 4 is 0 Å². The van der Waals surface area contributed by atoms with E-state index in [1.807, 2.05) is 12.4 Å². The van der Waals surface area contributed by atoms with Crippen LogP contribution in [0.3, 0.4) is 0 Å². The van der Waals surface area contributed by atoms with E-state index in [4.69, 9.17) is 0 Å². The zero-order chi connectivity index (χ0) is 11.7. The van der Waals surface area contributed by atoms with Crippen molar-refractivity contribution in [2.24, 2.45) is 13.0 Å². The molecule has 2 fully saturated rings. The second-order valence-electron chi connectivity index (χ2n) is 5.40. The maximum Gasteiger partial charge on any atom is 0.109 e. The SMILES string of the molecule is Cn1ccnc1CCNC1CCN2CCC1C2. The van der Waals surface area contributed by atoms with Crippen molar-refractivity contribution in [2.45, 2.75) is 25.3 Å². The number of fused-ring (bicyclic) bond motifs is 2. The van der Waals surface area contributed by atoms with Gasteiger partial charge in [-0.3, -0.25) is 0 Å². The predicted molar refractivity (Wildman–Crippen MR) is 67.9 cm³/mol. The van der Waals surface area contributed by atoms with E-state index in [0.29, 0.717) is 0 Å². The van der Waals surface area contributed by atoms with Gasteiger partial charge in [0.25, 0.3) is 0 Å². The summed E-state index contributed by atoms with van der Waals surface area (Å²) in [6, 6.07) is 0.744. The molecule has 4 heteroatoms. The number of rotatable bonds is 4. The monoisotopic (exact) mass is 234 g/mol. The number of nitrogens with zero attached hydrogens (tertiary/aromatic N) is 3. The molecule has 2 aliphatic heterocycles. The molecule has 3 atom stereocenters. The maximum absolute atomic E-state index is 4.36. The van der Waals surface area contributed by atoms with Gasteiger partial charge in [0.2, 0.25) is 0 Å². The Morgan fingerprint density at radius 3 is 3.12 bits per heavy atom. The van der Waals surface area contributed by atoms with Gasteiger partial charge in [0.1, 0.15) is 5.82 Å². The van der Waals surface area contributed by atoms with E-state index in [1.165, 1.54) is 38.3 Å². The maximum atomic E-state index is 4.36. The van der Waals surface area contributed by atoms with Gasteiger partial charge in [-0.25, -0.2) is 4.98 Å². The highest BCUT2D eigenvalue weighted by molar-refractivity contribution is 4.94. The Bertz CT molecular complexity index is 373. The molecule has 2 aliphatic rings. The van der Waals surface area contributed by atoms with Crippen LogP contribution in [0.1, 0.15) is 18.7 Å². The summed E-state index contributed by atoms with van der Waals surface area (Å²) in [7, 11) is 2.07. The normalized spacial score (nSPS) is 31.9. The fraction of sp³-hybridized carbons (Fsp3) is 0.769. The van der Waals surface area contributed by atoms with Gasteiger partial charge in [-0.1, -0.05) is 0 Å². The summed E-state index contributed by atoms with van der Waals surface area (Å²) in [4.78, 5) is 6.96. The molecule has 1 aromatic heterocycles. The Kier molecular flexibility index (Phi) is 3.16. The molecule has 1 N–H and O–H groups in total. The van der Waals surface area contributed by atoms with Crippen LogP contribution in [0, 0.1) is 5.92 Å². The molecule has 0 radical (unpaired) electrons. The first kappa shape index (κ1) is 11.2. The standard InChI is InChI=1S/C13H22N4/c1-16-9-6-15-13(16)2-5-14-12-4-8-17-7-3-11(12)10-17/h6,9,11-12,14H,2-5,7-8,10H2,1H3. The minimum absolute atomic E-state index is 0.744. The third-order valence-corrected chi connectivity index (χ3v) is 4.31. The van der Waals surface area contributed by atoms with Gasteiger partial charge in [0, 0.05) is 45.0 Å². The Labute approximate surface area is 103 Å². The Hall–Kier alpha value is -0.870. The molecule has 0 aliphatic carbocycles. The van der Waals surface area contributed by atoms with Crippen molar-refractivity contribution < 1.29 is 0 Å². The van der Waals surface area contributed by atoms with E-state index in [2.05, 4.69) is 26.8 Å². The van der Waals surface area contributed by atoms with Gasteiger partial charge in [0.15, 0.2) is 0 Å². The van der Waals surface area contributed by atoms with E-state index in [-0.39, 0.29) is 0 Å². The highest BCUT2D eigenvalue weighted by Gasteiger charge is 2.33. The fourth-order valence-electron chi connectivity index (χ4n) is 3.23. The average Bonchev–Trinajstić information content (AvgIpc) is 2.90. The van der Waals surface area contributed by atoms with Crippen LogP contribution in [0.15, 0.2) is 12.4 Å². The van der Waals surface area contributed by atoms with Gasteiger partial charge in [-0.05, 0) is 31.8 Å². The largest absolute Gasteiger partial charge is 0.338 e. The predicted octanol–water partition coefficient (Wildman–Crippen LogP) is 0.646. The summed E-state index contributed by atoms with van der Waals surface area (Å²) >= 11 is 0. The molecular weight excluding hydrogens is 212 g/mol. The summed E-state index contributed by atoms with van der Waals surface area (Å²) < 4.78 is 2.11. The number of hydrogen-bond acceptors (Lipinski definition) is 3. The molecule has 94 valence electrons. The van der Waals surface area contributed by atoms with Gasteiger partial charge in [-0.15, -0.1) is 0 Å². The molecule has 4 nitrogen and oxygen atoms in total. The first-order valence-electron chi connectivity index (χ1n) is 6.75. The highest BCUT2D eigenvalue weighted by Crippen LogP contribution is 2.26. The van der Waals surface area contributed by atoms with Crippen molar-refractivity contribution in [3.8, 4) is 0 Å². The Morgan fingerprint density at radius 2 is 2.29 bits per heavy atom. The summed E-state index contributed by atoms with van der Waals surface area (Å²) in [5, 5.41) is 3.73. The van der Waals surface area contributed by atoms with Crippen molar-refractivity contribution in [1.82, 2.24) is 19.8 Å². The smallest absolute Gasteiger partial charge is 0.109 e. The van der Waals surface area contributed by atoms with E-state index < -0.39 is 0 Å². The van der Waals surface area contributed by atoms with Crippen LogP contribution in [-0.4, -0.2) is 46.7 Å². The Morgan fingerprint density at radius 1 is 1.41 bits per heavy atom. The zero-order valence-corrected chi connectivity index (χ0v) is 10.6. The van der Waals surface area contributed by atoms with Crippen LogP contribution < -0.4 is 5.32 Å². The summed E-state index contributed by atoms with van der Waals surface area (Å²) in [5.74, 6) is 2.08. The van der Waals surface area contributed by atoms with Crippen LogP contribution in [0.5, 0.6) is 0 Å². The van der Waals surface area contributed by atoms with Gasteiger partial charge in [0.05, 0.1) is 0 Å². The van der Waals surface area contributed by atoms with Gasteiger partial charge in [-0.2, -0.15) is 0 Å². The molecule has 0 saturated carbocycles. The second-order valence-corrected chi connectivity index (χ2v) is 5.40. The van der Waals surface area contributed by atoms with Crippen molar-refractivity contribution in [3.63, 3.8) is 0 Å². The van der Waals surface area contributed by atoms with Crippen LogP contribution in [0.2, 0.25) is 0 Å². The third-order valence-electron chi connectivity index (χ3n) is 4.31. The fourth-order valence-corrected chi connectivity index (χ4v) is 3.23.